The van der Waals surface area contributed by atoms with Crippen molar-refractivity contribution in [2.75, 3.05) is 11.9 Å². The van der Waals surface area contributed by atoms with Crippen LogP contribution >= 0.6 is 11.6 Å². The van der Waals surface area contributed by atoms with E-state index in [-0.39, 0.29) is 10.7 Å². The number of unbranched alkanes of at least 4 members (excludes halogenated alkanes) is 5. The van der Waals surface area contributed by atoms with E-state index < -0.39 is 5.97 Å². The van der Waals surface area contributed by atoms with E-state index in [0.717, 1.165) is 13.0 Å². The Hall–Kier alpha value is -1.29. The summed E-state index contributed by atoms with van der Waals surface area (Å²) in [6, 6.07) is 2.85. The molecule has 0 aromatic carbocycles. The molecular weight excluding hydrogens is 264 g/mol. The molecule has 1 aromatic rings. The van der Waals surface area contributed by atoms with Crippen LogP contribution in [0.25, 0.3) is 0 Å². The van der Waals surface area contributed by atoms with Crippen molar-refractivity contribution in [3.63, 3.8) is 0 Å². The molecule has 0 saturated heterocycles. The predicted molar refractivity (Wildman–Crippen MR) is 78.1 cm³/mol. The number of pyridine rings is 1. The van der Waals surface area contributed by atoms with Crippen molar-refractivity contribution in [3.8, 4) is 0 Å². The van der Waals surface area contributed by atoms with Crippen molar-refractivity contribution < 1.29 is 9.90 Å². The topological polar surface area (TPSA) is 62.2 Å². The second-order valence-corrected chi connectivity index (χ2v) is 4.95. The van der Waals surface area contributed by atoms with Crippen LogP contribution in [-0.4, -0.2) is 22.6 Å². The van der Waals surface area contributed by atoms with E-state index in [1.807, 2.05) is 0 Å². The van der Waals surface area contributed by atoms with Gasteiger partial charge in [-0.3, -0.25) is 0 Å². The number of hydrogen-bond acceptors (Lipinski definition) is 3. The summed E-state index contributed by atoms with van der Waals surface area (Å²) in [6.07, 6.45) is 7.32. The first kappa shape index (κ1) is 15.8. The largest absolute Gasteiger partial charge is 0.478 e. The lowest BCUT2D eigenvalue weighted by molar-refractivity contribution is 0.0697. The third-order valence-corrected chi connectivity index (χ3v) is 3.07. The highest BCUT2D eigenvalue weighted by atomic mass is 35.5. The molecule has 4 nitrogen and oxygen atoms in total. The van der Waals surface area contributed by atoms with E-state index in [2.05, 4.69) is 17.2 Å². The molecule has 5 heteroatoms. The maximum atomic E-state index is 10.9. The van der Waals surface area contributed by atoms with E-state index >= 15 is 0 Å². The minimum Gasteiger partial charge on any atom is -0.478 e. The zero-order chi connectivity index (χ0) is 14.1. The molecule has 19 heavy (non-hydrogen) atoms. The second kappa shape index (κ2) is 8.75. The summed E-state index contributed by atoms with van der Waals surface area (Å²) in [5.41, 5.74) is 0.158. The summed E-state index contributed by atoms with van der Waals surface area (Å²) >= 11 is 5.78. The number of hydrogen-bond donors (Lipinski definition) is 2. The minimum atomic E-state index is -0.994. The molecule has 1 aromatic heterocycles. The Balaban J connectivity index is 2.31. The van der Waals surface area contributed by atoms with E-state index in [1.54, 1.807) is 0 Å². The van der Waals surface area contributed by atoms with Crippen LogP contribution < -0.4 is 5.32 Å². The van der Waals surface area contributed by atoms with Crippen LogP contribution in [0.3, 0.4) is 0 Å². The van der Waals surface area contributed by atoms with Crippen molar-refractivity contribution >= 4 is 23.4 Å². The van der Waals surface area contributed by atoms with Crippen LogP contribution in [-0.2, 0) is 0 Å². The fourth-order valence-corrected chi connectivity index (χ4v) is 2.04. The Bertz CT molecular complexity index is 410. The molecule has 0 saturated carbocycles. The van der Waals surface area contributed by atoms with Gasteiger partial charge in [-0.1, -0.05) is 50.6 Å². The first-order valence-electron chi connectivity index (χ1n) is 6.78. The lowest BCUT2D eigenvalue weighted by atomic mass is 10.1. The second-order valence-electron chi connectivity index (χ2n) is 4.56. The third-order valence-electron chi connectivity index (χ3n) is 2.88. The highest BCUT2D eigenvalue weighted by molar-refractivity contribution is 6.29. The Kier molecular flexibility index (Phi) is 7.26. The third kappa shape index (κ3) is 6.43. The van der Waals surface area contributed by atoms with Crippen LogP contribution in [0.5, 0.6) is 0 Å². The van der Waals surface area contributed by atoms with E-state index in [1.165, 1.54) is 44.2 Å². The lowest BCUT2D eigenvalue weighted by Gasteiger charge is -2.07. The van der Waals surface area contributed by atoms with Gasteiger partial charge in [0.05, 0.1) is 5.56 Å². The van der Waals surface area contributed by atoms with Crippen LogP contribution in [0.1, 0.15) is 55.8 Å². The van der Waals surface area contributed by atoms with E-state index in [4.69, 9.17) is 16.7 Å². The van der Waals surface area contributed by atoms with Crippen LogP contribution in [0, 0.1) is 0 Å². The van der Waals surface area contributed by atoms with Crippen molar-refractivity contribution in [2.24, 2.45) is 0 Å². The van der Waals surface area contributed by atoms with Crippen molar-refractivity contribution in [3.05, 3.63) is 22.8 Å². The average molecular weight is 285 g/mol. The smallest absolute Gasteiger partial charge is 0.335 e. The van der Waals surface area contributed by atoms with E-state index in [0.29, 0.717) is 5.82 Å². The first-order chi connectivity index (χ1) is 9.13. The zero-order valence-corrected chi connectivity index (χ0v) is 12.0. The number of aromatic nitrogens is 1. The standard InChI is InChI=1S/C14H21ClN2O2/c1-2-3-4-5-6-7-8-16-13-10-11(14(18)19)9-12(15)17-13/h9-10H,2-8H2,1H3,(H,16,17)(H,18,19). The number of rotatable bonds is 9. The SMILES string of the molecule is CCCCCCCCNc1cc(C(=O)O)cc(Cl)n1. The molecule has 2 N–H and O–H groups in total. The fourth-order valence-electron chi connectivity index (χ4n) is 1.83. The summed E-state index contributed by atoms with van der Waals surface area (Å²) in [4.78, 5) is 14.9. The van der Waals surface area contributed by atoms with Gasteiger partial charge < -0.3 is 10.4 Å². The number of carboxylic acid groups (broad SMARTS) is 1. The van der Waals surface area contributed by atoms with Gasteiger partial charge in [0.1, 0.15) is 11.0 Å². The molecule has 1 rings (SSSR count). The maximum Gasteiger partial charge on any atom is 0.335 e. The van der Waals surface area contributed by atoms with Gasteiger partial charge in [-0.25, -0.2) is 9.78 Å². The van der Waals surface area contributed by atoms with Gasteiger partial charge in [-0.2, -0.15) is 0 Å². The number of aromatic carboxylic acids is 1. The van der Waals surface area contributed by atoms with Crippen LogP contribution in [0.15, 0.2) is 12.1 Å². The molecule has 0 aliphatic heterocycles. The number of halogens is 1. The summed E-state index contributed by atoms with van der Waals surface area (Å²) in [6.45, 7) is 2.99. The minimum absolute atomic E-state index is 0.158. The molecule has 0 atom stereocenters. The predicted octanol–water partition coefficient (Wildman–Crippen LogP) is 4.21. The molecule has 0 radical (unpaired) electrons. The number of nitrogens with one attached hydrogen (secondary N) is 1. The highest BCUT2D eigenvalue weighted by Crippen LogP contribution is 2.15. The number of anilines is 1. The van der Waals surface area contributed by atoms with Crippen molar-refractivity contribution in [1.29, 1.82) is 0 Å². The molecule has 0 amide bonds. The molecule has 0 aliphatic carbocycles. The molecule has 0 bridgehead atoms. The van der Waals surface area contributed by atoms with Crippen LogP contribution in [0.4, 0.5) is 5.82 Å². The fraction of sp³-hybridized carbons (Fsp3) is 0.571. The number of carbonyl (C=O) groups is 1. The summed E-state index contributed by atoms with van der Waals surface area (Å²) in [5, 5.41) is 12.2. The van der Waals surface area contributed by atoms with Gasteiger partial charge in [0.25, 0.3) is 0 Å². The molecular formula is C14H21ClN2O2. The average Bonchev–Trinajstić information content (AvgIpc) is 2.37. The van der Waals surface area contributed by atoms with E-state index in [9.17, 15) is 4.79 Å². The molecule has 0 aliphatic rings. The first-order valence-corrected chi connectivity index (χ1v) is 7.16. The summed E-state index contributed by atoms with van der Waals surface area (Å²) in [7, 11) is 0. The Labute approximate surface area is 119 Å². The number of carboxylic acids is 1. The monoisotopic (exact) mass is 284 g/mol. The molecule has 0 unspecified atom stereocenters. The van der Waals surface area contributed by atoms with Gasteiger partial charge in [0.15, 0.2) is 0 Å². The van der Waals surface area contributed by atoms with Gasteiger partial charge in [0.2, 0.25) is 0 Å². The molecule has 0 spiro atoms. The summed E-state index contributed by atoms with van der Waals surface area (Å²) < 4.78 is 0. The Morgan fingerprint density at radius 3 is 2.63 bits per heavy atom. The molecule has 106 valence electrons. The number of nitrogens with zero attached hydrogens (tertiary/aromatic N) is 1. The normalized spacial score (nSPS) is 10.4. The van der Waals surface area contributed by atoms with Gasteiger partial charge in [0, 0.05) is 6.54 Å². The van der Waals surface area contributed by atoms with Crippen molar-refractivity contribution in [2.45, 2.75) is 45.4 Å². The van der Waals surface area contributed by atoms with Gasteiger partial charge in [-0.15, -0.1) is 0 Å². The van der Waals surface area contributed by atoms with Crippen molar-refractivity contribution in [1.82, 2.24) is 4.98 Å². The quantitative estimate of drug-likeness (QED) is 0.527. The molecule has 0 fully saturated rings. The van der Waals surface area contributed by atoms with Gasteiger partial charge in [-0.05, 0) is 18.6 Å². The maximum absolute atomic E-state index is 10.9. The van der Waals surface area contributed by atoms with Crippen LogP contribution in [0.2, 0.25) is 5.15 Å². The molecule has 1 heterocycles. The Morgan fingerprint density at radius 2 is 1.95 bits per heavy atom. The van der Waals surface area contributed by atoms with Gasteiger partial charge >= 0.3 is 5.97 Å². The Morgan fingerprint density at radius 1 is 1.26 bits per heavy atom. The highest BCUT2D eigenvalue weighted by Gasteiger charge is 2.06. The zero-order valence-electron chi connectivity index (χ0n) is 11.3. The lowest BCUT2D eigenvalue weighted by Crippen LogP contribution is -2.06. The summed E-state index contributed by atoms with van der Waals surface area (Å²) in [5.74, 6) is -0.467.